The Labute approximate surface area is 123 Å². The number of carboxylic acids is 1. The van der Waals surface area contributed by atoms with Gasteiger partial charge < -0.3 is 21.1 Å². The molecule has 2 heterocycles. The third-order valence-corrected chi connectivity index (χ3v) is 3.54. The summed E-state index contributed by atoms with van der Waals surface area (Å²) in [5.74, 6) is -0.919. The molecule has 0 aromatic carbocycles. The van der Waals surface area contributed by atoms with E-state index < -0.39 is 12.0 Å². The molecule has 1 atom stereocenters. The van der Waals surface area contributed by atoms with Gasteiger partial charge in [-0.15, -0.1) is 0 Å². The third-order valence-electron chi connectivity index (χ3n) is 3.54. The number of likely N-dealkylation sites (tertiary alicyclic amines) is 1. The number of anilines is 2. The number of carbonyl (C=O) groups is 2. The molecule has 1 aliphatic rings. The SMILES string of the molecule is CC(Nc1nc(C(=O)O)ccc1N)C(=O)N1CCCCC1. The van der Waals surface area contributed by atoms with Gasteiger partial charge >= 0.3 is 5.97 Å². The van der Waals surface area contributed by atoms with Crippen LogP contribution in [0.3, 0.4) is 0 Å². The van der Waals surface area contributed by atoms with Crippen LogP contribution in [0.1, 0.15) is 36.7 Å². The van der Waals surface area contributed by atoms with E-state index in [1.807, 2.05) is 4.90 Å². The van der Waals surface area contributed by atoms with E-state index in [4.69, 9.17) is 10.8 Å². The highest BCUT2D eigenvalue weighted by molar-refractivity contribution is 5.88. The van der Waals surface area contributed by atoms with Crippen LogP contribution in [0.15, 0.2) is 12.1 Å². The Morgan fingerprint density at radius 1 is 1.33 bits per heavy atom. The van der Waals surface area contributed by atoms with Crippen LogP contribution in [0.2, 0.25) is 0 Å². The summed E-state index contributed by atoms with van der Waals surface area (Å²) in [5, 5.41) is 11.9. The first-order chi connectivity index (χ1) is 9.99. The zero-order valence-electron chi connectivity index (χ0n) is 12.0. The standard InChI is InChI=1S/C14H20N4O3/c1-9(13(19)18-7-3-2-4-8-18)16-12-10(15)5-6-11(17-12)14(20)21/h5-6,9H,2-4,7-8,15H2,1H3,(H,16,17)(H,20,21). The number of nitrogens with zero attached hydrogens (tertiary/aromatic N) is 2. The van der Waals surface area contributed by atoms with E-state index in [1.54, 1.807) is 6.92 Å². The van der Waals surface area contributed by atoms with E-state index >= 15 is 0 Å². The summed E-state index contributed by atoms with van der Waals surface area (Å²) in [7, 11) is 0. The zero-order chi connectivity index (χ0) is 15.4. The minimum absolute atomic E-state index is 0.0170. The lowest BCUT2D eigenvalue weighted by molar-refractivity contribution is -0.132. The topological polar surface area (TPSA) is 109 Å². The Bertz CT molecular complexity index is 541. The average molecular weight is 292 g/mol. The van der Waals surface area contributed by atoms with Crippen molar-refractivity contribution in [3.63, 3.8) is 0 Å². The van der Waals surface area contributed by atoms with Gasteiger partial charge in [-0.25, -0.2) is 9.78 Å². The Balaban J connectivity index is 2.07. The number of rotatable bonds is 4. The number of carboxylic acid groups (broad SMARTS) is 1. The van der Waals surface area contributed by atoms with Gasteiger partial charge in [-0.05, 0) is 38.3 Å². The number of amides is 1. The molecule has 1 aliphatic heterocycles. The molecule has 2 rings (SSSR count). The maximum atomic E-state index is 12.3. The van der Waals surface area contributed by atoms with Crippen LogP contribution >= 0.6 is 0 Å². The number of aromatic nitrogens is 1. The Morgan fingerprint density at radius 2 is 2.00 bits per heavy atom. The normalized spacial score (nSPS) is 16.3. The monoisotopic (exact) mass is 292 g/mol. The molecule has 7 heteroatoms. The lowest BCUT2D eigenvalue weighted by Gasteiger charge is -2.29. The second-order valence-corrected chi connectivity index (χ2v) is 5.19. The van der Waals surface area contributed by atoms with Crippen molar-refractivity contribution < 1.29 is 14.7 Å². The van der Waals surface area contributed by atoms with E-state index in [1.165, 1.54) is 12.1 Å². The van der Waals surface area contributed by atoms with Crippen LogP contribution in [0.5, 0.6) is 0 Å². The maximum absolute atomic E-state index is 12.3. The molecule has 0 bridgehead atoms. The van der Waals surface area contributed by atoms with Gasteiger partial charge in [0.05, 0.1) is 5.69 Å². The molecule has 1 amide bonds. The van der Waals surface area contributed by atoms with Crippen molar-refractivity contribution in [2.24, 2.45) is 0 Å². The fraction of sp³-hybridized carbons (Fsp3) is 0.500. The first-order valence-corrected chi connectivity index (χ1v) is 7.04. The van der Waals surface area contributed by atoms with Gasteiger partial charge in [-0.1, -0.05) is 0 Å². The second kappa shape index (κ2) is 6.43. The highest BCUT2D eigenvalue weighted by Gasteiger charge is 2.23. The molecule has 1 aromatic rings. The Morgan fingerprint density at radius 3 is 2.62 bits per heavy atom. The van der Waals surface area contributed by atoms with Gasteiger partial charge in [0.1, 0.15) is 6.04 Å². The number of hydrogen-bond acceptors (Lipinski definition) is 5. The van der Waals surface area contributed by atoms with Crippen molar-refractivity contribution in [2.45, 2.75) is 32.2 Å². The van der Waals surface area contributed by atoms with Gasteiger partial charge in [0.2, 0.25) is 5.91 Å². The largest absolute Gasteiger partial charge is 0.477 e. The highest BCUT2D eigenvalue weighted by Crippen LogP contribution is 2.18. The molecule has 7 nitrogen and oxygen atoms in total. The van der Waals surface area contributed by atoms with E-state index in [0.29, 0.717) is 5.69 Å². The molecule has 1 unspecified atom stereocenters. The number of hydrogen-bond donors (Lipinski definition) is 3. The van der Waals surface area contributed by atoms with Crippen molar-refractivity contribution in [1.29, 1.82) is 0 Å². The third kappa shape index (κ3) is 3.62. The van der Waals surface area contributed by atoms with E-state index in [-0.39, 0.29) is 17.4 Å². The fourth-order valence-electron chi connectivity index (χ4n) is 2.36. The van der Waals surface area contributed by atoms with Gasteiger partial charge in [-0.3, -0.25) is 4.79 Å². The summed E-state index contributed by atoms with van der Waals surface area (Å²) < 4.78 is 0. The molecule has 1 fully saturated rings. The van der Waals surface area contributed by atoms with Crippen LogP contribution in [-0.4, -0.2) is 46.0 Å². The summed E-state index contributed by atoms with van der Waals surface area (Å²) in [6, 6.07) is 2.30. The van der Waals surface area contributed by atoms with Gasteiger partial charge in [0.15, 0.2) is 11.5 Å². The van der Waals surface area contributed by atoms with Gasteiger partial charge in [0, 0.05) is 13.1 Å². The number of pyridine rings is 1. The van der Waals surface area contributed by atoms with Crippen molar-refractivity contribution in [2.75, 3.05) is 24.1 Å². The molecular weight excluding hydrogens is 272 g/mol. The van der Waals surface area contributed by atoms with E-state index in [0.717, 1.165) is 32.4 Å². The van der Waals surface area contributed by atoms with Gasteiger partial charge in [0.25, 0.3) is 0 Å². The number of piperidine rings is 1. The molecule has 1 aromatic heterocycles. The fourth-order valence-corrected chi connectivity index (χ4v) is 2.36. The number of carbonyl (C=O) groups excluding carboxylic acids is 1. The minimum atomic E-state index is -1.13. The Hall–Kier alpha value is -2.31. The lowest BCUT2D eigenvalue weighted by atomic mass is 10.1. The van der Waals surface area contributed by atoms with E-state index in [9.17, 15) is 9.59 Å². The van der Waals surface area contributed by atoms with Crippen molar-refractivity contribution in [3.05, 3.63) is 17.8 Å². The number of nitrogens with two attached hydrogens (primary N) is 1. The molecule has 0 saturated carbocycles. The molecule has 1 saturated heterocycles. The first-order valence-electron chi connectivity index (χ1n) is 7.04. The smallest absolute Gasteiger partial charge is 0.354 e. The molecule has 0 radical (unpaired) electrons. The van der Waals surface area contributed by atoms with Crippen LogP contribution in [0, 0.1) is 0 Å². The summed E-state index contributed by atoms with van der Waals surface area (Å²) >= 11 is 0. The number of nitrogens with one attached hydrogen (secondary N) is 1. The average Bonchev–Trinajstić information content (AvgIpc) is 2.49. The Kier molecular flexibility index (Phi) is 4.62. The lowest BCUT2D eigenvalue weighted by Crippen LogP contribution is -2.44. The zero-order valence-corrected chi connectivity index (χ0v) is 12.0. The predicted octanol–water partition coefficient (Wildman–Crippen LogP) is 1.17. The maximum Gasteiger partial charge on any atom is 0.354 e. The summed E-state index contributed by atoms with van der Waals surface area (Å²) in [5.41, 5.74) is 5.98. The minimum Gasteiger partial charge on any atom is -0.477 e. The van der Waals surface area contributed by atoms with Crippen molar-refractivity contribution in [3.8, 4) is 0 Å². The second-order valence-electron chi connectivity index (χ2n) is 5.19. The van der Waals surface area contributed by atoms with Crippen molar-refractivity contribution in [1.82, 2.24) is 9.88 Å². The van der Waals surface area contributed by atoms with Gasteiger partial charge in [-0.2, -0.15) is 0 Å². The molecular formula is C14H20N4O3. The summed E-state index contributed by atoms with van der Waals surface area (Å²) in [6.45, 7) is 3.26. The van der Waals surface area contributed by atoms with Crippen LogP contribution in [-0.2, 0) is 4.79 Å². The molecule has 114 valence electrons. The van der Waals surface area contributed by atoms with Crippen LogP contribution in [0.4, 0.5) is 11.5 Å². The molecule has 0 spiro atoms. The number of aromatic carboxylic acids is 1. The molecule has 4 N–H and O–H groups in total. The first kappa shape index (κ1) is 15.1. The number of nitrogen functional groups attached to an aromatic ring is 1. The van der Waals surface area contributed by atoms with E-state index in [2.05, 4.69) is 10.3 Å². The molecule has 21 heavy (non-hydrogen) atoms. The van der Waals surface area contributed by atoms with Crippen LogP contribution < -0.4 is 11.1 Å². The quantitative estimate of drug-likeness (QED) is 0.769. The van der Waals surface area contributed by atoms with Crippen molar-refractivity contribution >= 4 is 23.4 Å². The summed E-state index contributed by atoms with van der Waals surface area (Å²) in [6.07, 6.45) is 3.20. The molecule has 0 aliphatic carbocycles. The highest BCUT2D eigenvalue weighted by atomic mass is 16.4. The summed E-state index contributed by atoms with van der Waals surface area (Å²) in [4.78, 5) is 29.0. The predicted molar refractivity (Wildman–Crippen MR) is 79.1 cm³/mol. The van der Waals surface area contributed by atoms with Crippen LogP contribution in [0.25, 0.3) is 0 Å².